The third-order valence-corrected chi connectivity index (χ3v) is 5.30. The third-order valence-electron chi connectivity index (χ3n) is 5.30. The summed E-state index contributed by atoms with van der Waals surface area (Å²) < 4.78 is 7.42. The molecule has 4 heterocycles. The smallest absolute Gasteiger partial charge is 0.259 e. The number of pyridine rings is 1. The molecule has 1 saturated heterocycles. The van der Waals surface area contributed by atoms with E-state index in [2.05, 4.69) is 20.1 Å². The van der Waals surface area contributed by atoms with E-state index < -0.39 is 0 Å². The summed E-state index contributed by atoms with van der Waals surface area (Å²) in [5, 5.41) is 4.16. The van der Waals surface area contributed by atoms with E-state index in [1.54, 1.807) is 12.4 Å². The lowest BCUT2D eigenvalue weighted by Crippen LogP contribution is -2.38. The number of aryl methyl sites for hydroxylation is 3. The highest BCUT2D eigenvalue weighted by Gasteiger charge is 2.27. The first-order chi connectivity index (χ1) is 13.6. The number of imidazole rings is 1. The Morgan fingerprint density at radius 2 is 2.04 bits per heavy atom. The van der Waals surface area contributed by atoms with Gasteiger partial charge in [0, 0.05) is 56.3 Å². The fourth-order valence-corrected chi connectivity index (χ4v) is 3.51. The van der Waals surface area contributed by atoms with Gasteiger partial charge < -0.3 is 14.0 Å². The molecular weight excluding hydrogens is 356 g/mol. The highest BCUT2D eigenvalue weighted by atomic mass is 16.5. The van der Waals surface area contributed by atoms with Crippen molar-refractivity contribution in [3.8, 4) is 11.5 Å². The second-order valence-corrected chi connectivity index (χ2v) is 7.22. The molecule has 146 valence electrons. The molecule has 8 heteroatoms. The molecule has 0 aliphatic carbocycles. The third kappa shape index (κ3) is 3.95. The summed E-state index contributed by atoms with van der Waals surface area (Å²) >= 11 is 0. The highest BCUT2D eigenvalue weighted by molar-refractivity contribution is 5.76. The number of aromatic nitrogens is 5. The molecule has 8 nitrogen and oxygen atoms in total. The lowest BCUT2D eigenvalue weighted by atomic mass is 9.96. The minimum atomic E-state index is 0.186. The molecule has 28 heavy (non-hydrogen) atoms. The Kier molecular flexibility index (Phi) is 5.18. The Morgan fingerprint density at radius 3 is 2.71 bits per heavy atom. The monoisotopic (exact) mass is 380 g/mol. The van der Waals surface area contributed by atoms with Gasteiger partial charge in [0.15, 0.2) is 5.82 Å². The molecule has 3 aromatic rings. The van der Waals surface area contributed by atoms with E-state index in [9.17, 15) is 4.79 Å². The van der Waals surface area contributed by atoms with Crippen molar-refractivity contribution in [1.29, 1.82) is 0 Å². The van der Waals surface area contributed by atoms with Crippen LogP contribution in [0.5, 0.6) is 0 Å². The maximum atomic E-state index is 12.5. The van der Waals surface area contributed by atoms with E-state index in [1.165, 1.54) is 0 Å². The van der Waals surface area contributed by atoms with E-state index in [0.29, 0.717) is 18.9 Å². The summed E-state index contributed by atoms with van der Waals surface area (Å²) in [4.78, 5) is 27.5. The van der Waals surface area contributed by atoms with Gasteiger partial charge in [-0.05, 0) is 38.8 Å². The first-order valence-corrected chi connectivity index (χ1v) is 9.62. The fourth-order valence-electron chi connectivity index (χ4n) is 3.51. The van der Waals surface area contributed by atoms with E-state index in [-0.39, 0.29) is 11.8 Å². The largest absolute Gasteiger partial charge is 0.343 e. The Labute approximate surface area is 163 Å². The zero-order valence-electron chi connectivity index (χ0n) is 16.2. The summed E-state index contributed by atoms with van der Waals surface area (Å²) in [6, 6.07) is 3.86. The van der Waals surface area contributed by atoms with Gasteiger partial charge in [0.25, 0.3) is 5.89 Å². The number of amides is 1. The zero-order valence-corrected chi connectivity index (χ0v) is 16.2. The van der Waals surface area contributed by atoms with Crippen molar-refractivity contribution < 1.29 is 9.32 Å². The predicted molar refractivity (Wildman–Crippen MR) is 102 cm³/mol. The van der Waals surface area contributed by atoms with Gasteiger partial charge >= 0.3 is 0 Å². The van der Waals surface area contributed by atoms with E-state index >= 15 is 0 Å². The van der Waals surface area contributed by atoms with Crippen LogP contribution >= 0.6 is 0 Å². The van der Waals surface area contributed by atoms with Gasteiger partial charge in [-0.2, -0.15) is 4.98 Å². The van der Waals surface area contributed by atoms with Crippen molar-refractivity contribution in [3.63, 3.8) is 0 Å². The van der Waals surface area contributed by atoms with Crippen LogP contribution in [0.15, 0.2) is 35.2 Å². The minimum Gasteiger partial charge on any atom is -0.343 e. The predicted octanol–water partition coefficient (Wildman–Crippen LogP) is 2.74. The maximum Gasteiger partial charge on any atom is 0.259 e. The summed E-state index contributed by atoms with van der Waals surface area (Å²) in [7, 11) is 0. The Hall–Kier alpha value is -3.03. The molecule has 1 aliphatic rings. The molecule has 1 fully saturated rings. The van der Waals surface area contributed by atoms with Crippen molar-refractivity contribution >= 4 is 5.91 Å². The van der Waals surface area contributed by atoms with Crippen LogP contribution in [-0.4, -0.2) is 48.6 Å². The van der Waals surface area contributed by atoms with E-state index in [1.807, 2.05) is 41.6 Å². The maximum absolute atomic E-state index is 12.5. The van der Waals surface area contributed by atoms with Gasteiger partial charge in [-0.25, -0.2) is 4.98 Å². The van der Waals surface area contributed by atoms with Crippen molar-refractivity contribution in [2.45, 2.75) is 45.6 Å². The number of hydrogen-bond donors (Lipinski definition) is 0. The normalized spacial score (nSPS) is 15.1. The average Bonchev–Trinajstić information content (AvgIpc) is 3.36. The van der Waals surface area contributed by atoms with Gasteiger partial charge in [0.2, 0.25) is 5.91 Å². The van der Waals surface area contributed by atoms with Gasteiger partial charge in [-0.3, -0.25) is 9.78 Å². The quantitative estimate of drug-likeness (QED) is 0.676. The minimum absolute atomic E-state index is 0.186. The van der Waals surface area contributed by atoms with Gasteiger partial charge in [-0.15, -0.1) is 0 Å². The molecule has 0 unspecified atom stereocenters. The first kappa shape index (κ1) is 18.3. The standard InChI is InChI=1S/C20H24N6O2/c1-14-3-4-17(13-22-14)20-23-19(24-28-20)16-5-9-26(10-6-16)18(27)7-11-25-12-8-21-15(25)2/h3-4,8,12-13,16H,5-7,9-11H2,1-2H3. The van der Waals surface area contributed by atoms with E-state index in [0.717, 1.165) is 48.8 Å². The van der Waals surface area contributed by atoms with Crippen molar-refractivity contribution in [2.75, 3.05) is 13.1 Å². The van der Waals surface area contributed by atoms with Crippen LogP contribution in [0.3, 0.4) is 0 Å². The van der Waals surface area contributed by atoms with Gasteiger partial charge in [0.05, 0.1) is 5.56 Å². The van der Waals surface area contributed by atoms with Crippen molar-refractivity contribution in [2.24, 2.45) is 0 Å². The Morgan fingerprint density at radius 1 is 1.21 bits per heavy atom. The molecule has 0 aromatic carbocycles. The molecule has 0 bridgehead atoms. The van der Waals surface area contributed by atoms with E-state index in [4.69, 9.17) is 4.52 Å². The van der Waals surface area contributed by atoms with Crippen molar-refractivity contribution in [3.05, 3.63) is 48.1 Å². The fraction of sp³-hybridized carbons (Fsp3) is 0.450. The highest BCUT2D eigenvalue weighted by Crippen LogP contribution is 2.28. The number of hydrogen-bond acceptors (Lipinski definition) is 6. The van der Waals surface area contributed by atoms with Gasteiger partial charge in [-0.1, -0.05) is 5.16 Å². The number of likely N-dealkylation sites (tertiary alicyclic amines) is 1. The van der Waals surface area contributed by atoms with Crippen LogP contribution in [0.25, 0.3) is 11.5 Å². The summed E-state index contributed by atoms with van der Waals surface area (Å²) in [6.45, 7) is 6.00. The van der Waals surface area contributed by atoms with Crippen LogP contribution < -0.4 is 0 Å². The molecule has 0 radical (unpaired) electrons. The molecule has 3 aromatic heterocycles. The molecule has 0 N–H and O–H groups in total. The molecular formula is C20H24N6O2. The number of piperidine rings is 1. The average molecular weight is 380 g/mol. The summed E-state index contributed by atoms with van der Waals surface area (Å²) in [5.41, 5.74) is 1.77. The molecule has 4 rings (SSSR count). The van der Waals surface area contributed by atoms with Crippen LogP contribution in [0.4, 0.5) is 0 Å². The molecule has 0 saturated carbocycles. The van der Waals surface area contributed by atoms with Gasteiger partial charge in [0.1, 0.15) is 5.82 Å². The molecule has 0 spiro atoms. The summed E-state index contributed by atoms with van der Waals surface area (Å²) in [6.07, 6.45) is 7.61. The number of carbonyl (C=O) groups is 1. The number of carbonyl (C=O) groups excluding carboxylic acids is 1. The Balaban J connectivity index is 1.31. The summed E-state index contributed by atoms with van der Waals surface area (Å²) in [5.74, 6) is 2.55. The molecule has 0 atom stereocenters. The number of nitrogens with zero attached hydrogens (tertiary/aromatic N) is 6. The lowest BCUT2D eigenvalue weighted by molar-refractivity contribution is -0.132. The number of rotatable bonds is 5. The second kappa shape index (κ2) is 7.92. The van der Waals surface area contributed by atoms with Crippen LogP contribution in [0.2, 0.25) is 0 Å². The van der Waals surface area contributed by atoms with Crippen LogP contribution in [-0.2, 0) is 11.3 Å². The second-order valence-electron chi connectivity index (χ2n) is 7.22. The Bertz CT molecular complexity index is 938. The van der Waals surface area contributed by atoms with Crippen molar-refractivity contribution in [1.82, 2.24) is 29.6 Å². The lowest BCUT2D eigenvalue weighted by Gasteiger charge is -2.30. The van der Waals surface area contributed by atoms with Crippen LogP contribution in [0.1, 0.15) is 42.5 Å². The first-order valence-electron chi connectivity index (χ1n) is 9.62. The molecule has 1 aliphatic heterocycles. The SMILES string of the molecule is Cc1ccc(-c2nc(C3CCN(C(=O)CCn4ccnc4C)CC3)no2)cn1. The zero-order chi connectivity index (χ0) is 19.5. The van der Waals surface area contributed by atoms with Crippen LogP contribution in [0, 0.1) is 13.8 Å². The topological polar surface area (TPSA) is 89.9 Å². The molecule has 1 amide bonds.